The highest BCUT2D eigenvalue weighted by Gasteiger charge is 2.22. The van der Waals surface area contributed by atoms with E-state index >= 15 is 0 Å². The molecule has 0 atom stereocenters. The van der Waals surface area contributed by atoms with Gasteiger partial charge in [-0.1, -0.05) is 29.8 Å². The molecule has 0 bridgehead atoms. The van der Waals surface area contributed by atoms with Gasteiger partial charge < -0.3 is 14.5 Å². The number of benzene rings is 2. The zero-order valence-corrected chi connectivity index (χ0v) is 20.5. The zero-order chi connectivity index (χ0) is 23.8. The maximum atomic E-state index is 13.1. The van der Waals surface area contributed by atoms with Crippen LogP contribution in [-0.2, 0) is 21.3 Å². The van der Waals surface area contributed by atoms with Crippen molar-refractivity contribution in [2.45, 2.75) is 24.8 Å². The van der Waals surface area contributed by atoms with Gasteiger partial charge in [0.05, 0.1) is 18.1 Å². The van der Waals surface area contributed by atoms with Crippen molar-refractivity contribution in [3.63, 3.8) is 0 Å². The van der Waals surface area contributed by atoms with Crippen molar-refractivity contribution in [1.82, 2.24) is 14.5 Å². The van der Waals surface area contributed by atoms with Crippen molar-refractivity contribution >= 4 is 21.7 Å². The number of hydrogen-bond donors (Lipinski definition) is 1. The molecule has 3 rings (SSSR count). The van der Waals surface area contributed by atoms with Crippen molar-refractivity contribution in [1.29, 1.82) is 0 Å². The highest BCUT2D eigenvalue weighted by atomic mass is 32.2. The molecule has 0 saturated carbocycles. The largest absolute Gasteiger partial charge is 0.379 e. The molecule has 1 aliphatic rings. The van der Waals surface area contributed by atoms with Crippen LogP contribution in [0.3, 0.4) is 0 Å². The van der Waals surface area contributed by atoms with Crippen LogP contribution in [0.4, 0.5) is 10.5 Å². The topological polar surface area (TPSA) is 82.2 Å². The molecular weight excluding hydrogens is 440 g/mol. The average Bonchev–Trinajstić information content (AvgIpc) is 2.79. The quantitative estimate of drug-likeness (QED) is 0.602. The van der Waals surface area contributed by atoms with Gasteiger partial charge in [-0.05, 0) is 43.2 Å². The van der Waals surface area contributed by atoms with E-state index in [4.69, 9.17) is 4.74 Å². The van der Waals surface area contributed by atoms with Gasteiger partial charge in [0.1, 0.15) is 0 Å². The summed E-state index contributed by atoms with van der Waals surface area (Å²) in [6.07, 6.45) is 0.744. The molecule has 0 aromatic heterocycles. The SMILES string of the molecule is Cc1ccc(S(=O)(=O)NC(=O)N(CCCN2CCOCC2)Cc2ccc(N(C)C)cc2)cc1. The van der Waals surface area contributed by atoms with E-state index in [0.717, 1.165) is 56.1 Å². The number of morpholine rings is 1. The van der Waals surface area contributed by atoms with Crippen LogP contribution in [0.2, 0.25) is 0 Å². The molecule has 8 nitrogen and oxygen atoms in total. The lowest BCUT2D eigenvalue weighted by molar-refractivity contribution is 0.0364. The molecule has 1 saturated heterocycles. The van der Waals surface area contributed by atoms with E-state index in [1.165, 1.54) is 12.1 Å². The maximum absolute atomic E-state index is 13.1. The fourth-order valence-corrected chi connectivity index (χ4v) is 4.61. The molecule has 2 aromatic carbocycles. The molecule has 1 fully saturated rings. The third-order valence-corrected chi connectivity index (χ3v) is 7.01. The van der Waals surface area contributed by atoms with Gasteiger partial charge in [-0.2, -0.15) is 0 Å². The van der Waals surface area contributed by atoms with Crippen LogP contribution in [0.25, 0.3) is 0 Å². The summed E-state index contributed by atoms with van der Waals surface area (Å²) in [5.74, 6) is 0. The summed E-state index contributed by atoms with van der Waals surface area (Å²) in [6, 6.07) is 13.7. The van der Waals surface area contributed by atoms with E-state index in [2.05, 4.69) is 9.62 Å². The number of rotatable bonds is 9. The van der Waals surface area contributed by atoms with Crippen LogP contribution in [0.15, 0.2) is 53.4 Å². The lowest BCUT2D eigenvalue weighted by Crippen LogP contribution is -2.44. The predicted octanol–water partition coefficient (Wildman–Crippen LogP) is 2.68. The van der Waals surface area contributed by atoms with Gasteiger partial charge in [-0.25, -0.2) is 17.9 Å². The summed E-state index contributed by atoms with van der Waals surface area (Å²) in [4.78, 5) is 19.0. The van der Waals surface area contributed by atoms with Gasteiger partial charge in [0, 0.05) is 52.5 Å². The number of amides is 2. The van der Waals surface area contributed by atoms with E-state index in [1.807, 2.05) is 50.2 Å². The molecule has 2 aromatic rings. The summed E-state index contributed by atoms with van der Waals surface area (Å²) >= 11 is 0. The number of sulfonamides is 1. The Labute approximate surface area is 197 Å². The Morgan fingerprint density at radius 1 is 1.03 bits per heavy atom. The number of aryl methyl sites for hydroxylation is 1. The number of nitrogens with one attached hydrogen (secondary N) is 1. The Balaban J connectivity index is 1.69. The molecule has 0 radical (unpaired) electrons. The summed E-state index contributed by atoms with van der Waals surface area (Å²) in [6.45, 7) is 6.67. The summed E-state index contributed by atoms with van der Waals surface area (Å²) in [7, 11) is -0.0147. The van der Waals surface area contributed by atoms with E-state index in [-0.39, 0.29) is 4.90 Å². The Bertz CT molecular complexity index is 1000. The molecule has 0 unspecified atom stereocenters. The minimum atomic E-state index is -3.95. The van der Waals surface area contributed by atoms with E-state index in [9.17, 15) is 13.2 Å². The van der Waals surface area contributed by atoms with E-state index in [1.54, 1.807) is 17.0 Å². The Morgan fingerprint density at radius 3 is 2.27 bits per heavy atom. The standard InChI is InChI=1S/C24H34N4O4S/c1-20-5-11-23(12-6-20)33(30,31)25-24(29)28(14-4-13-27-15-17-32-18-16-27)19-21-7-9-22(10-8-21)26(2)3/h5-12H,4,13-19H2,1-3H3,(H,25,29). The minimum Gasteiger partial charge on any atom is -0.379 e. The number of hydrogen-bond acceptors (Lipinski definition) is 6. The number of anilines is 1. The first-order valence-electron chi connectivity index (χ1n) is 11.2. The maximum Gasteiger partial charge on any atom is 0.331 e. The van der Waals surface area contributed by atoms with Crippen molar-refractivity contribution in [2.24, 2.45) is 0 Å². The average molecular weight is 475 g/mol. The molecule has 1 aliphatic heterocycles. The Morgan fingerprint density at radius 2 is 1.67 bits per heavy atom. The molecule has 2 amide bonds. The smallest absolute Gasteiger partial charge is 0.331 e. The van der Waals surface area contributed by atoms with Crippen molar-refractivity contribution in [3.05, 3.63) is 59.7 Å². The van der Waals surface area contributed by atoms with Crippen LogP contribution in [0.5, 0.6) is 0 Å². The van der Waals surface area contributed by atoms with Crippen LogP contribution >= 0.6 is 0 Å². The lowest BCUT2D eigenvalue weighted by Gasteiger charge is -2.28. The monoisotopic (exact) mass is 474 g/mol. The van der Waals surface area contributed by atoms with Crippen molar-refractivity contribution in [3.8, 4) is 0 Å². The molecule has 1 N–H and O–H groups in total. The van der Waals surface area contributed by atoms with Crippen LogP contribution in [0, 0.1) is 6.92 Å². The van der Waals surface area contributed by atoms with Crippen molar-refractivity contribution in [2.75, 3.05) is 58.4 Å². The molecule has 33 heavy (non-hydrogen) atoms. The highest BCUT2D eigenvalue weighted by molar-refractivity contribution is 7.90. The molecule has 9 heteroatoms. The number of ether oxygens (including phenoxy) is 1. The van der Waals surface area contributed by atoms with Gasteiger partial charge in [0.25, 0.3) is 10.0 Å². The number of carbonyl (C=O) groups is 1. The molecule has 0 aliphatic carbocycles. The minimum absolute atomic E-state index is 0.0741. The Kier molecular flexibility index (Phi) is 8.71. The lowest BCUT2D eigenvalue weighted by atomic mass is 10.2. The second-order valence-corrected chi connectivity index (χ2v) is 10.2. The van der Waals surface area contributed by atoms with Crippen LogP contribution < -0.4 is 9.62 Å². The van der Waals surface area contributed by atoms with E-state index in [0.29, 0.717) is 13.1 Å². The predicted molar refractivity (Wildman–Crippen MR) is 130 cm³/mol. The highest BCUT2D eigenvalue weighted by Crippen LogP contribution is 2.15. The van der Waals surface area contributed by atoms with Gasteiger partial charge in [-0.15, -0.1) is 0 Å². The number of urea groups is 1. The number of nitrogens with zero attached hydrogens (tertiary/aromatic N) is 3. The first kappa shape index (κ1) is 25.0. The van der Waals surface area contributed by atoms with Gasteiger partial charge in [0.2, 0.25) is 0 Å². The normalized spacial score (nSPS) is 14.6. The van der Waals surface area contributed by atoms with Gasteiger partial charge in [-0.3, -0.25) is 4.90 Å². The summed E-state index contributed by atoms with van der Waals surface area (Å²) < 4.78 is 33.2. The fourth-order valence-electron chi connectivity index (χ4n) is 3.64. The summed E-state index contributed by atoms with van der Waals surface area (Å²) in [5, 5.41) is 0. The van der Waals surface area contributed by atoms with E-state index < -0.39 is 16.1 Å². The third-order valence-electron chi connectivity index (χ3n) is 5.67. The fraction of sp³-hybridized carbons (Fsp3) is 0.458. The van der Waals surface area contributed by atoms with Crippen LogP contribution in [0.1, 0.15) is 17.5 Å². The second kappa shape index (κ2) is 11.5. The second-order valence-electron chi connectivity index (χ2n) is 8.51. The summed E-state index contributed by atoms with van der Waals surface area (Å²) in [5.41, 5.74) is 2.95. The molecular formula is C24H34N4O4S. The molecule has 0 spiro atoms. The third kappa shape index (κ3) is 7.45. The molecule has 1 heterocycles. The number of carbonyl (C=O) groups excluding carboxylic acids is 1. The molecule has 180 valence electrons. The first-order chi connectivity index (χ1) is 15.7. The Hall–Kier alpha value is -2.62. The van der Waals surface area contributed by atoms with Gasteiger partial charge in [0.15, 0.2) is 0 Å². The zero-order valence-electron chi connectivity index (χ0n) is 19.7. The van der Waals surface area contributed by atoms with Gasteiger partial charge >= 0.3 is 6.03 Å². The van der Waals surface area contributed by atoms with Crippen LogP contribution in [-0.4, -0.2) is 77.7 Å². The van der Waals surface area contributed by atoms with Crippen molar-refractivity contribution < 1.29 is 17.9 Å². The first-order valence-corrected chi connectivity index (χ1v) is 12.7.